The third-order valence-electron chi connectivity index (χ3n) is 16.1. The van der Waals surface area contributed by atoms with Crippen LogP contribution >= 0.6 is 15.6 Å². The van der Waals surface area contributed by atoms with E-state index in [1.165, 1.54) is 128 Å². The highest BCUT2D eigenvalue weighted by molar-refractivity contribution is 7.47. The molecule has 91 heavy (non-hydrogen) atoms. The highest BCUT2D eigenvalue weighted by Gasteiger charge is 2.30. The monoisotopic (exact) mass is 1330 g/mol. The van der Waals surface area contributed by atoms with Crippen molar-refractivity contribution in [3.63, 3.8) is 0 Å². The molecule has 0 saturated heterocycles. The Balaban J connectivity index is 5.25. The Morgan fingerprint density at radius 2 is 0.593 bits per heavy atom. The van der Waals surface area contributed by atoms with Gasteiger partial charge < -0.3 is 33.8 Å². The van der Waals surface area contributed by atoms with Crippen molar-refractivity contribution < 1.29 is 80.2 Å². The Morgan fingerprint density at radius 1 is 0.341 bits per heavy atom. The summed E-state index contributed by atoms with van der Waals surface area (Å²) in [6.07, 6.45) is 52.2. The molecule has 2 unspecified atom stereocenters. The van der Waals surface area contributed by atoms with E-state index in [-0.39, 0.29) is 25.7 Å². The average Bonchev–Trinajstić information content (AvgIpc) is 3.73. The molecular formula is C72H136O17P2. The number of carbonyl (C=O) groups is 4. The summed E-state index contributed by atoms with van der Waals surface area (Å²) in [5.74, 6) is -0.621. The van der Waals surface area contributed by atoms with Crippen molar-refractivity contribution in [3.8, 4) is 0 Å². The van der Waals surface area contributed by atoms with Crippen LogP contribution in [0.4, 0.5) is 0 Å². The van der Waals surface area contributed by atoms with Crippen LogP contribution in [0.25, 0.3) is 0 Å². The first-order chi connectivity index (χ1) is 43.9. The van der Waals surface area contributed by atoms with Crippen molar-refractivity contribution in [2.75, 3.05) is 39.6 Å². The minimum Gasteiger partial charge on any atom is -0.462 e. The molecule has 0 radical (unpaired) electrons. The molecule has 0 aromatic rings. The quantitative estimate of drug-likeness (QED) is 0.0169. The maximum Gasteiger partial charge on any atom is 0.472 e. The molecule has 0 fully saturated rings. The van der Waals surface area contributed by atoms with E-state index in [2.05, 4.69) is 65.8 Å². The molecule has 0 aliphatic carbocycles. The van der Waals surface area contributed by atoms with Crippen molar-refractivity contribution in [1.29, 1.82) is 0 Å². The van der Waals surface area contributed by atoms with Crippen LogP contribution in [0.2, 0.25) is 0 Å². The van der Waals surface area contributed by atoms with Gasteiger partial charge in [-0.3, -0.25) is 37.3 Å². The predicted molar refractivity (Wildman–Crippen MR) is 367 cm³/mol. The van der Waals surface area contributed by atoms with Crippen LogP contribution in [-0.2, 0) is 65.4 Å². The fourth-order valence-corrected chi connectivity index (χ4v) is 12.0. The lowest BCUT2D eigenvalue weighted by Crippen LogP contribution is -2.30. The maximum absolute atomic E-state index is 13.0. The Bertz CT molecular complexity index is 1860. The van der Waals surface area contributed by atoms with Gasteiger partial charge >= 0.3 is 39.5 Å². The van der Waals surface area contributed by atoms with Crippen LogP contribution < -0.4 is 0 Å². The van der Waals surface area contributed by atoms with Gasteiger partial charge in [0.25, 0.3) is 0 Å². The molecule has 17 nitrogen and oxygen atoms in total. The molecule has 3 N–H and O–H groups in total. The molecule has 0 aliphatic rings. The molecule has 0 amide bonds. The van der Waals surface area contributed by atoms with Crippen LogP contribution in [-0.4, -0.2) is 96.7 Å². The van der Waals surface area contributed by atoms with Gasteiger partial charge in [0.2, 0.25) is 0 Å². The number of aliphatic hydroxyl groups is 1. The highest BCUT2D eigenvalue weighted by Crippen LogP contribution is 2.45. The van der Waals surface area contributed by atoms with E-state index < -0.39 is 97.5 Å². The minimum atomic E-state index is -4.96. The minimum absolute atomic E-state index is 0.100. The molecule has 0 bridgehead atoms. The Labute approximate surface area is 554 Å². The van der Waals surface area contributed by atoms with Gasteiger partial charge in [-0.25, -0.2) is 9.13 Å². The van der Waals surface area contributed by atoms with Gasteiger partial charge in [-0.2, -0.15) is 0 Å². The smallest absolute Gasteiger partial charge is 0.462 e. The lowest BCUT2D eigenvalue weighted by Gasteiger charge is -2.21. The second-order valence-corrected chi connectivity index (χ2v) is 29.2. The number of phosphoric acid groups is 2. The number of unbranched alkanes of at least 4 members (excludes halogenated alkanes) is 36. The number of rotatable bonds is 69. The fourth-order valence-electron chi connectivity index (χ4n) is 10.4. The first-order valence-electron chi connectivity index (χ1n) is 36.8. The van der Waals surface area contributed by atoms with E-state index >= 15 is 0 Å². The van der Waals surface area contributed by atoms with Gasteiger partial charge in [0, 0.05) is 25.7 Å². The zero-order valence-corrected chi connectivity index (χ0v) is 60.4. The van der Waals surface area contributed by atoms with Gasteiger partial charge in [-0.05, 0) is 63.2 Å². The third kappa shape index (κ3) is 66.0. The van der Waals surface area contributed by atoms with E-state index in [9.17, 15) is 43.2 Å². The van der Waals surface area contributed by atoms with Crippen LogP contribution in [0.5, 0.6) is 0 Å². The summed E-state index contributed by atoms with van der Waals surface area (Å²) in [6.45, 7) is 9.46. The Kier molecular flexibility index (Phi) is 61.9. The first-order valence-corrected chi connectivity index (χ1v) is 39.8. The number of phosphoric ester groups is 2. The average molecular weight is 1340 g/mol. The molecule has 0 aliphatic heterocycles. The lowest BCUT2D eigenvalue weighted by atomic mass is 10.0. The summed E-state index contributed by atoms with van der Waals surface area (Å²) in [6, 6.07) is 0. The summed E-state index contributed by atoms with van der Waals surface area (Å²) >= 11 is 0. The normalized spacial score (nSPS) is 14.3. The van der Waals surface area contributed by atoms with Gasteiger partial charge in [-0.1, -0.05) is 291 Å². The predicted octanol–water partition coefficient (Wildman–Crippen LogP) is 20.3. The first kappa shape index (κ1) is 88.5. The van der Waals surface area contributed by atoms with E-state index in [0.29, 0.717) is 25.7 Å². The molecular weight excluding hydrogens is 1200 g/mol. The van der Waals surface area contributed by atoms with Gasteiger partial charge in [0.1, 0.15) is 19.3 Å². The largest absolute Gasteiger partial charge is 0.472 e. The van der Waals surface area contributed by atoms with Gasteiger partial charge in [-0.15, -0.1) is 0 Å². The van der Waals surface area contributed by atoms with Crippen molar-refractivity contribution >= 4 is 39.5 Å². The number of carbonyl (C=O) groups excluding carboxylic acids is 4. The zero-order chi connectivity index (χ0) is 67.2. The van der Waals surface area contributed by atoms with E-state index in [4.69, 9.17) is 37.0 Å². The van der Waals surface area contributed by atoms with Crippen LogP contribution in [0.15, 0.2) is 24.3 Å². The van der Waals surface area contributed by atoms with Crippen molar-refractivity contribution in [2.24, 2.45) is 11.8 Å². The second-order valence-electron chi connectivity index (χ2n) is 26.2. The molecule has 0 rings (SSSR count). The number of hydrogen-bond acceptors (Lipinski definition) is 15. The van der Waals surface area contributed by atoms with E-state index in [1.54, 1.807) is 0 Å². The summed E-state index contributed by atoms with van der Waals surface area (Å²) < 4.78 is 68.2. The molecule has 536 valence electrons. The highest BCUT2D eigenvalue weighted by atomic mass is 31.2. The molecule has 5 atom stereocenters. The number of aliphatic hydroxyl groups excluding tert-OH is 1. The summed E-state index contributed by atoms with van der Waals surface area (Å²) in [7, 11) is -9.91. The molecule has 0 aromatic carbocycles. The number of allylic oxidation sites excluding steroid dienone is 4. The van der Waals surface area contributed by atoms with Crippen LogP contribution in [0.1, 0.15) is 343 Å². The Hall–Kier alpha value is -2.46. The summed E-state index contributed by atoms with van der Waals surface area (Å²) in [5.41, 5.74) is 0. The van der Waals surface area contributed by atoms with E-state index in [1.807, 2.05) is 0 Å². The molecule has 0 aromatic heterocycles. The lowest BCUT2D eigenvalue weighted by molar-refractivity contribution is -0.161. The number of esters is 4. The second kappa shape index (κ2) is 63.6. The van der Waals surface area contributed by atoms with Crippen LogP contribution in [0, 0.1) is 11.8 Å². The molecule has 19 heteroatoms. The van der Waals surface area contributed by atoms with Gasteiger partial charge in [0.05, 0.1) is 26.4 Å². The topological polar surface area (TPSA) is 237 Å². The molecule has 0 heterocycles. The standard InChI is InChI=1S/C72H136O17P2/c1-7-9-11-13-15-16-17-18-19-22-25-31-37-43-49-55-70(75)83-61-68(89-71(76)56-50-44-38-32-26-23-20-21-24-29-35-40-46-52-64(3)4)63-87-91(80,81)85-59-66(73)58-84-90(78,79)86-62-67(60-82-69(74)54-48-42-34-14-12-10-8-2)88-72(77)57-51-45-39-33-28-27-30-36-41-47-53-65(5)6/h16-19,64-68,73H,7-15,20-63H2,1-6H3,(H,78,79)(H,80,81)/b17-16-,19-18-/t66-,67+,68+/m0/s1. The summed E-state index contributed by atoms with van der Waals surface area (Å²) in [5, 5.41) is 10.6. The Morgan fingerprint density at radius 3 is 0.901 bits per heavy atom. The zero-order valence-electron chi connectivity index (χ0n) is 58.6. The van der Waals surface area contributed by atoms with Crippen molar-refractivity contribution in [1.82, 2.24) is 0 Å². The molecule has 0 saturated carbocycles. The maximum atomic E-state index is 13.0. The number of hydrogen-bond donors (Lipinski definition) is 3. The van der Waals surface area contributed by atoms with Gasteiger partial charge in [0.15, 0.2) is 12.2 Å². The van der Waals surface area contributed by atoms with Crippen molar-refractivity contribution in [2.45, 2.75) is 362 Å². The molecule has 0 spiro atoms. The van der Waals surface area contributed by atoms with Crippen LogP contribution in [0.3, 0.4) is 0 Å². The number of ether oxygens (including phenoxy) is 4. The fraction of sp³-hybridized carbons (Fsp3) is 0.889. The summed E-state index contributed by atoms with van der Waals surface area (Å²) in [4.78, 5) is 72.5. The SMILES string of the molecule is CCCCCC/C=C\C=C/CCCCCCCC(=O)OC[C@H](COP(=O)(O)OC[C@@H](O)COP(=O)(O)OC[C@@H](COC(=O)CCCCCCCCC)OC(=O)CCCCCCCCCCCCC(C)C)OC(=O)CCCCCCCCCCCCCCCC(C)C. The van der Waals surface area contributed by atoms with E-state index in [0.717, 1.165) is 134 Å². The van der Waals surface area contributed by atoms with Crippen molar-refractivity contribution in [3.05, 3.63) is 24.3 Å². The third-order valence-corrected chi connectivity index (χ3v) is 18.0.